The molecule has 1 aromatic carbocycles. The lowest BCUT2D eigenvalue weighted by Crippen LogP contribution is -2.48. The van der Waals surface area contributed by atoms with Crippen LogP contribution in [0, 0.1) is 5.82 Å². The van der Waals surface area contributed by atoms with Crippen LogP contribution in [0.15, 0.2) is 22.7 Å². The Morgan fingerprint density at radius 2 is 2.15 bits per heavy atom. The van der Waals surface area contributed by atoms with Crippen LogP contribution < -0.4 is 0 Å². The zero-order valence-electron chi connectivity index (χ0n) is 11.1. The zero-order valence-corrected chi connectivity index (χ0v) is 12.7. The van der Waals surface area contributed by atoms with E-state index in [4.69, 9.17) is 4.74 Å². The molecule has 1 saturated heterocycles. The van der Waals surface area contributed by atoms with E-state index in [1.807, 2.05) is 0 Å². The molecule has 4 nitrogen and oxygen atoms in total. The van der Waals surface area contributed by atoms with Crippen molar-refractivity contribution in [3.8, 4) is 0 Å². The van der Waals surface area contributed by atoms with Gasteiger partial charge >= 0.3 is 5.97 Å². The molecule has 0 aromatic heterocycles. The molecule has 0 N–H and O–H groups in total. The number of hydrogen-bond donors (Lipinski definition) is 0. The summed E-state index contributed by atoms with van der Waals surface area (Å²) in [6.07, 6.45) is 2.32. The first-order valence-corrected chi connectivity index (χ1v) is 7.17. The highest BCUT2D eigenvalue weighted by Crippen LogP contribution is 2.25. The van der Waals surface area contributed by atoms with Gasteiger partial charge in [0.25, 0.3) is 5.91 Å². The standard InChI is InChI=1S/C14H15BrFNO3/c1-20-14(19)12-4-2-3-7-17(12)13(18)10-6-5-9(16)8-11(10)15/h5-6,8,12H,2-4,7H2,1H3. The first kappa shape index (κ1) is 15.0. The molecular formula is C14H15BrFNO3. The van der Waals surface area contributed by atoms with E-state index in [0.29, 0.717) is 23.0 Å². The molecule has 0 bridgehead atoms. The molecule has 2 rings (SSSR count). The Balaban J connectivity index is 2.27. The summed E-state index contributed by atoms with van der Waals surface area (Å²) in [5.41, 5.74) is 0.349. The van der Waals surface area contributed by atoms with E-state index in [0.717, 1.165) is 12.8 Å². The first-order valence-electron chi connectivity index (χ1n) is 6.38. The Bertz CT molecular complexity index is 535. The Morgan fingerprint density at radius 3 is 2.80 bits per heavy atom. The van der Waals surface area contributed by atoms with Gasteiger partial charge in [-0.05, 0) is 53.4 Å². The molecular weight excluding hydrogens is 329 g/mol. The lowest BCUT2D eigenvalue weighted by Gasteiger charge is -2.34. The van der Waals surface area contributed by atoms with Crippen LogP contribution in [0.2, 0.25) is 0 Å². The van der Waals surface area contributed by atoms with Crippen molar-refractivity contribution in [2.75, 3.05) is 13.7 Å². The van der Waals surface area contributed by atoms with E-state index in [1.165, 1.54) is 30.2 Å². The maximum atomic E-state index is 13.1. The van der Waals surface area contributed by atoms with Gasteiger partial charge in [-0.15, -0.1) is 0 Å². The fraction of sp³-hybridized carbons (Fsp3) is 0.429. The minimum Gasteiger partial charge on any atom is -0.467 e. The highest BCUT2D eigenvalue weighted by atomic mass is 79.9. The molecule has 1 heterocycles. The maximum Gasteiger partial charge on any atom is 0.328 e. The van der Waals surface area contributed by atoms with Gasteiger partial charge in [0.2, 0.25) is 0 Å². The van der Waals surface area contributed by atoms with E-state index >= 15 is 0 Å². The molecule has 0 radical (unpaired) electrons. The van der Waals surface area contributed by atoms with Gasteiger partial charge in [-0.1, -0.05) is 0 Å². The number of likely N-dealkylation sites (tertiary alicyclic amines) is 1. The molecule has 6 heteroatoms. The largest absolute Gasteiger partial charge is 0.467 e. The third-order valence-corrected chi connectivity index (χ3v) is 4.05. The fourth-order valence-corrected chi connectivity index (χ4v) is 2.89. The van der Waals surface area contributed by atoms with Crippen LogP contribution in [-0.4, -0.2) is 36.5 Å². The minimum absolute atomic E-state index is 0.285. The number of methoxy groups -OCH3 is 1. The fourth-order valence-electron chi connectivity index (χ4n) is 2.37. The molecule has 0 saturated carbocycles. The first-order chi connectivity index (χ1) is 9.54. The quantitative estimate of drug-likeness (QED) is 0.775. The van der Waals surface area contributed by atoms with Gasteiger partial charge in [-0.25, -0.2) is 9.18 Å². The molecule has 1 fully saturated rings. The molecule has 1 atom stereocenters. The number of benzene rings is 1. The van der Waals surface area contributed by atoms with Gasteiger partial charge in [-0.2, -0.15) is 0 Å². The van der Waals surface area contributed by atoms with Gasteiger partial charge in [0, 0.05) is 11.0 Å². The number of carbonyl (C=O) groups excluding carboxylic acids is 2. The van der Waals surface area contributed by atoms with Gasteiger partial charge in [-0.3, -0.25) is 4.79 Å². The second-order valence-corrected chi connectivity index (χ2v) is 5.51. The average molecular weight is 344 g/mol. The second kappa shape index (κ2) is 6.35. The summed E-state index contributed by atoms with van der Waals surface area (Å²) in [6.45, 7) is 0.502. The van der Waals surface area contributed by atoms with Crippen LogP contribution in [0.1, 0.15) is 29.6 Å². The molecule has 1 amide bonds. The highest BCUT2D eigenvalue weighted by Gasteiger charge is 2.33. The summed E-state index contributed by atoms with van der Waals surface area (Å²) in [5.74, 6) is -1.11. The predicted molar refractivity (Wildman–Crippen MR) is 74.8 cm³/mol. The van der Waals surface area contributed by atoms with Gasteiger partial charge in [0.1, 0.15) is 11.9 Å². The van der Waals surface area contributed by atoms with Crippen molar-refractivity contribution < 1.29 is 18.7 Å². The van der Waals surface area contributed by atoms with Crippen molar-refractivity contribution in [2.24, 2.45) is 0 Å². The molecule has 20 heavy (non-hydrogen) atoms. The van der Waals surface area contributed by atoms with Gasteiger partial charge in [0.05, 0.1) is 12.7 Å². The van der Waals surface area contributed by atoms with Crippen molar-refractivity contribution in [3.63, 3.8) is 0 Å². The lowest BCUT2D eigenvalue weighted by atomic mass is 10.0. The molecule has 1 aromatic rings. The maximum absolute atomic E-state index is 13.1. The van der Waals surface area contributed by atoms with Crippen molar-refractivity contribution in [3.05, 3.63) is 34.1 Å². The summed E-state index contributed by atoms with van der Waals surface area (Å²) in [6, 6.07) is 3.34. The topological polar surface area (TPSA) is 46.6 Å². The average Bonchev–Trinajstić information content (AvgIpc) is 2.46. The van der Waals surface area contributed by atoms with Crippen molar-refractivity contribution >= 4 is 27.8 Å². The van der Waals surface area contributed by atoms with Crippen LogP contribution in [0.5, 0.6) is 0 Å². The van der Waals surface area contributed by atoms with E-state index in [9.17, 15) is 14.0 Å². The summed E-state index contributed by atoms with van der Waals surface area (Å²) in [5, 5.41) is 0. The Morgan fingerprint density at radius 1 is 1.40 bits per heavy atom. The second-order valence-electron chi connectivity index (χ2n) is 4.66. The molecule has 0 spiro atoms. The minimum atomic E-state index is -0.557. The lowest BCUT2D eigenvalue weighted by molar-refractivity contribution is -0.147. The van der Waals surface area contributed by atoms with E-state index < -0.39 is 17.8 Å². The van der Waals surface area contributed by atoms with Gasteiger partial charge < -0.3 is 9.64 Å². The molecule has 1 aliphatic heterocycles. The molecule has 1 aliphatic rings. The predicted octanol–water partition coefficient (Wildman–Crippen LogP) is 2.76. The van der Waals surface area contributed by atoms with Crippen molar-refractivity contribution in [1.82, 2.24) is 4.90 Å². The monoisotopic (exact) mass is 343 g/mol. The smallest absolute Gasteiger partial charge is 0.328 e. The van der Waals surface area contributed by atoms with Crippen molar-refractivity contribution in [1.29, 1.82) is 0 Å². The number of esters is 1. The number of carbonyl (C=O) groups is 2. The molecule has 108 valence electrons. The highest BCUT2D eigenvalue weighted by molar-refractivity contribution is 9.10. The third kappa shape index (κ3) is 3.00. The SMILES string of the molecule is COC(=O)C1CCCCN1C(=O)c1ccc(F)cc1Br. The van der Waals surface area contributed by atoms with Crippen LogP contribution >= 0.6 is 15.9 Å². The molecule has 0 aliphatic carbocycles. The van der Waals surface area contributed by atoms with Crippen molar-refractivity contribution in [2.45, 2.75) is 25.3 Å². The van der Waals surface area contributed by atoms with Crippen LogP contribution in [0.4, 0.5) is 4.39 Å². The summed E-state index contributed by atoms with van der Waals surface area (Å²) < 4.78 is 18.2. The Labute approximate surface area is 125 Å². The number of hydrogen-bond acceptors (Lipinski definition) is 3. The zero-order chi connectivity index (χ0) is 14.7. The number of piperidine rings is 1. The van der Waals surface area contributed by atoms with E-state index in [1.54, 1.807) is 0 Å². The molecule has 1 unspecified atom stereocenters. The number of ether oxygens (including phenoxy) is 1. The van der Waals surface area contributed by atoms with Crippen LogP contribution in [0.25, 0.3) is 0 Å². The Kier molecular flexibility index (Phi) is 4.75. The van der Waals surface area contributed by atoms with Crippen LogP contribution in [0.3, 0.4) is 0 Å². The number of nitrogens with zero attached hydrogens (tertiary/aromatic N) is 1. The van der Waals surface area contributed by atoms with Gasteiger partial charge in [0.15, 0.2) is 0 Å². The normalized spacial score (nSPS) is 18.8. The summed E-state index contributed by atoms with van der Waals surface area (Å²) >= 11 is 3.18. The number of halogens is 2. The number of amides is 1. The number of rotatable bonds is 2. The Hall–Kier alpha value is -1.43. The van der Waals surface area contributed by atoms with E-state index in [-0.39, 0.29) is 5.91 Å². The third-order valence-electron chi connectivity index (χ3n) is 3.40. The summed E-state index contributed by atoms with van der Waals surface area (Å²) in [4.78, 5) is 25.8. The van der Waals surface area contributed by atoms with Crippen LogP contribution in [-0.2, 0) is 9.53 Å². The summed E-state index contributed by atoms with van der Waals surface area (Å²) in [7, 11) is 1.31. The van der Waals surface area contributed by atoms with E-state index in [2.05, 4.69) is 15.9 Å².